The molecule has 0 spiro atoms. The van der Waals surface area contributed by atoms with E-state index in [0.29, 0.717) is 30.1 Å². The number of amides is 1. The first kappa shape index (κ1) is 14.0. The number of nitrogen functional groups attached to an aromatic ring is 1. The lowest BCUT2D eigenvalue weighted by Gasteiger charge is -2.21. The van der Waals surface area contributed by atoms with Crippen LogP contribution in [-0.2, 0) is 6.54 Å². The number of anilines is 1. The molecular formula is C15H18N2O3. The fraction of sp³-hybridized carbons (Fsp3) is 0.267. The highest BCUT2D eigenvalue weighted by Gasteiger charge is 2.19. The molecule has 2 aromatic rings. The molecule has 0 saturated carbocycles. The van der Waals surface area contributed by atoms with Crippen LogP contribution in [0.2, 0.25) is 0 Å². The number of benzene rings is 1. The molecule has 1 amide bonds. The molecule has 0 atom stereocenters. The Bertz CT molecular complexity index is 579. The molecule has 0 aliphatic carbocycles. The highest BCUT2D eigenvalue weighted by Crippen LogP contribution is 2.23. The number of hydrogen-bond donors (Lipinski definition) is 1. The summed E-state index contributed by atoms with van der Waals surface area (Å²) in [7, 11) is 1.52. The van der Waals surface area contributed by atoms with E-state index in [1.807, 2.05) is 13.0 Å². The summed E-state index contributed by atoms with van der Waals surface area (Å²) in [6.07, 6.45) is 1.59. The number of furan rings is 1. The number of rotatable bonds is 5. The van der Waals surface area contributed by atoms with Gasteiger partial charge in [-0.2, -0.15) is 0 Å². The van der Waals surface area contributed by atoms with E-state index >= 15 is 0 Å². The highest BCUT2D eigenvalue weighted by atomic mass is 16.5. The zero-order chi connectivity index (χ0) is 14.5. The second-order valence-corrected chi connectivity index (χ2v) is 4.36. The third kappa shape index (κ3) is 2.93. The summed E-state index contributed by atoms with van der Waals surface area (Å²) in [6, 6.07) is 8.67. The summed E-state index contributed by atoms with van der Waals surface area (Å²) in [6.45, 7) is 2.92. The van der Waals surface area contributed by atoms with Gasteiger partial charge < -0.3 is 19.8 Å². The minimum atomic E-state index is -0.110. The summed E-state index contributed by atoms with van der Waals surface area (Å²) >= 11 is 0. The van der Waals surface area contributed by atoms with Gasteiger partial charge in [-0.3, -0.25) is 4.79 Å². The van der Waals surface area contributed by atoms with Crippen molar-refractivity contribution in [1.82, 2.24) is 4.90 Å². The van der Waals surface area contributed by atoms with Crippen LogP contribution < -0.4 is 10.5 Å². The average Bonchev–Trinajstić information content (AvgIpc) is 2.96. The Labute approximate surface area is 117 Å². The van der Waals surface area contributed by atoms with Gasteiger partial charge >= 0.3 is 0 Å². The molecule has 0 unspecified atom stereocenters. The summed E-state index contributed by atoms with van der Waals surface area (Å²) < 4.78 is 10.5. The van der Waals surface area contributed by atoms with Crippen LogP contribution in [0.25, 0.3) is 0 Å². The van der Waals surface area contributed by atoms with Crippen molar-refractivity contribution in [3.05, 3.63) is 47.9 Å². The lowest BCUT2D eigenvalue weighted by molar-refractivity contribution is 0.0738. The summed E-state index contributed by atoms with van der Waals surface area (Å²) in [5, 5.41) is 0. The molecule has 0 bridgehead atoms. The molecule has 0 aliphatic rings. The van der Waals surface area contributed by atoms with Crippen molar-refractivity contribution >= 4 is 11.6 Å². The molecule has 5 heteroatoms. The lowest BCUT2D eigenvalue weighted by Crippen LogP contribution is -2.30. The van der Waals surface area contributed by atoms with Gasteiger partial charge in [0.05, 0.1) is 25.5 Å². The Hall–Kier alpha value is -2.43. The molecule has 1 aromatic heterocycles. The van der Waals surface area contributed by atoms with Crippen LogP contribution in [0.3, 0.4) is 0 Å². The SMILES string of the molecule is CCN(Cc1ccco1)C(=O)c1ccc(N)cc1OC. The van der Waals surface area contributed by atoms with Gasteiger partial charge in [-0.05, 0) is 31.2 Å². The topological polar surface area (TPSA) is 68.7 Å². The number of hydrogen-bond acceptors (Lipinski definition) is 4. The van der Waals surface area contributed by atoms with Gasteiger partial charge in [0.25, 0.3) is 5.91 Å². The molecule has 106 valence electrons. The van der Waals surface area contributed by atoms with Crippen molar-refractivity contribution < 1.29 is 13.9 Å². The van der Waals surface area contributed by atoms with Gasteiger partial charge in [0, 0.05) is 18.3 Å². The molecule has 0 aliphatic heterocycles. The molecule has 0 saturated heterocycles. The van der Waals surface area contributed by atoms with Crippen LogP contribution >= 0.6 is 0 Å². The van der Waals surface area contributed by atoms with E-state index in [-0.39, 0.29) is 5.91 Å². The summed E-state index contributed by atoms with van der Waals surface area (Å²) in [5.41, 5.74) is 6.76. The number of ether oxygens (including phenoxy) is 1. The molecule has 1 heterocycles. The Morgan fingerprint density at radius 3 is 2.80 bits per heavy atom. The third-order valence-electron chi connectivity index (χ3n) is 3.05. The van der Waals surface area contributed by atoms with E-state index in [1.54, 1.807) is 35.4 Å². The minimum Gasteiger partial charge on any atom is -0.496 e. The normalized spacial score (nSPS) is 10.3. The second-order valence-electron chi connectivity index (χ2n) is 4.36. The van der Waals surface area contributed by atoms with E-state index in [0.717, 1.165) is 5.76 Å². The molecular weight excluding hydrogens is 256 g/mol. The average molecular weight is 274 g/mol. The fourth-order valence-electron chi connectivity index (χ4n) is 1.97. The van der Waals surface area contributed by atoms with Crippen LogP contribution in [-0.4, -0.2) is 24.5 Å². The van der Waals surface area contributed by atoms with Crippen LogP contribution in [0, 0.1) is 0 Å². The van der Waals surface area contributed by atoms with Crippen molar-refractivity contribution in [1.29, 1.82) is 0 Å². The highest BCUT2D eigenvalue weighted by molar-refractivity contribution is 5.97. The van der Waals surface area contributed by atoms with Gasteiger partial charge in [-0.15, -0.1) is 0 Å². The molecule has 5 nitrogen and oxygen atoms in total. The standard InChI is InChI=1S/C15H18N2O3/c1-3-17(10-12-5-4-8-20-12)15(18)13-7-6-11(16)9-14(13)19-2/h4-9H,3,10,16H2,1-2H3. The lowest BCUT2D eigenvalue weighted by atomic mass is 10.1. The number of methoxy groups -OCH3 is 1. The van der Waals surface area contributed by atoms with E-state index in [4.69, 9.17) is 14.9 Å². The largest absolute Gasteiger partial charge is 0.496 e. The van der Waals surface area contributed by atoms with E-state index in [9.17, 15) is 4.79 Å². The second kappa shape index (κ2) is 6.14. The molecule has 2 rings (SSSR count). The van der Waals surface area contributed by atoms with Gasteiger partial charge in [0.2, 0.25) is 0 Å². The molecule has 1 aromatic carbocycles. The first-order chi connectivity index (χ1) is 9.65. The first-order valence-electron chi connectivity index (χ1n) is 6.41. The Morgan fingerprint density at radius 2 is 2.20 bits per heavy atom. The van der Waals surface area contributed by atoms with Crippen molar-refractivity contribution in [2.24, 2.45) is 0 Å². The first-order valence-corrected chi connectivity index (χ1v) is 6.41. The van der Waals surface area contributed by atoms with E-state index in [2.05, 4.69) is 0 Å². The number of carbonyl (C=O) groups excluding carboxylic acids is 1. The van der Waals surface area contributed by atoms with Crippen molar-refractivity contribution in [2.45, 2.75) is 13.5 Å². The molecule has 20 heavy (non-hydrogen) atoms. The smallest absolute Gasteiger partial charge is 0.258 e. The van der Waals surface area contributed by atoms with Crippen molar-refractivity contribution in [2.75, 3.05) is 19.4 Å². The monoisotopic (exact) mass is 274 g/mol. The quantitative estimate of drug-likeness (QED) is 0.851. The molecule has 2 N–H and O–H groups in total. The van der Waals surface area contributed by atoms with Gasteiger partial charge in [-0.25, -0.2) is 0 Å². The van der Waals surface area contributed by atoms with Crippen LogP contribution in [0.4, 0.5) is 5.69 Å². The van der Waals surface area contributed by atoms with Crippen LogP contribution in [0.1, 0.15) is 23.0 Å². The summed E-state index contributed by atoms with van der Waals surface area (Å²) in [5.74, 6) is 1.11. The predicted molar refractivity (Wildman–Crippen MR) is 76.5 cm³/mol. The molecule has 0 radical (unpaired) electrons. The number of carbonyl (C=O) groups is 1. The minimum absolute atomic E-state index is 0.110. The summed E-state index contributed by atoms with van der Waals surface area (Å²) in [4.78, 5) is 14.2. The maximum absolute atomic E-state index is 12.6. The number of nitrogens with zero attached hydrogens (tertiary/aromatic N) is 1. The Kier molecular flexibility index (Phi) is 4.30. The van der Waals surface area contributed by atoms with E-state index in [1.165, 1.54) is 7.11 Å². The zero-order valence-electron chi connectivity index (χ0n) is 11.6. The third-order valence-corrected chi connectivity index (χ3v) is 3.05. The van der Waals surface area contributed by atoms with Gasteiger partial charge in [0.1, 0.15) is 11.5 Å². The predicted octanol–water partition coefficient (Wildman–Crippen LogP) is 2.53. The molecule has 0 fully saturated rings. The fourth-order valence-corrected chi connectivity index (χ4v) is 1.97. The van der Waals surface area contributed by atoms with Crippen LogP contribution in [0.15, 0.2) is 41.0 Å². The van der Waals surface area contributed by atoms with Gasteiger partial charge in [0.15, 0.2) is 0 Å². The maximum Gasteiger partial charge on any atom is 0.258 e. The Morgan fingerprint density at radius 1 is 1.40 bits per heavy atom. The zero-order valence-corrected chi connectivity index (χ0v) is 11.6. The van der Waals surface area contributed by atoms with Gasteiger partial charge in [-0.1, -0.05) is 0 Å². The Balaban J connectivity index is 2.24. The maximum atomic E-state index is 12.6. The van der Waals surface area contributed by atoms with Crippen molar-refractivity contribution in [3.63, 3.8) is 0 Å². The van der Waals surface area contributed by atoms with E-state index < -0.39 is 0 Å². The van der Waals surface area contributed by atoms with Crippen molar-refractivity contribution in [3.8, 4) is 5.75 Å². The van der Waals surface area contributed by atoms with Crippen LogP contribution in [0.5, 0.6) is 5.75 Å². The number of nitrogens with two attached hydrogens (primary N) is 1.